The first-order valence-corrected chi connectivity index (χ1v) is 11.6. The monoisotopic (exact) mass is 418 g/mol. The number of nitrogens with one attached hydrogen (secondary N) is 1. The molecule has 30 heavy (non-hydrogen) atoms. The molecule has 3 heterocycles. The van der Waals surface area contributed by atoms with Gasteiger partial charge in [-0.3, -0.25) is 19.3 Å². The molecule has 4 aliphatic rings. The molecule has 1 atom stereocenters. The molecule has 0 aromatic heterocycles. The maximum Gasteiger partial charge on any atom is 0.325 e. The molecule has 1 saturated carbocycles. The second kappa shape index (κ2) is 8.19. The van der Waals surface area contributed by atoms with Crippen molar-refractivity contribution in [1.29, 1.82) is 0 Å². The molecule has 0 aromatic carbocycles. The van der Waals surface area contributed by atoms with Crippen molar-refractivity contribution in [2.45, 2.75) is 76.8 Å². The van der Waals surface area contributed by atoms with Gasteiger partial charge in [-0.15, -0.1) is 0 Å². The lowest BCUT2D eigenvalue weighted by molar-refractivity contribution is -0.143. The Morgan fingerprint density at radius 2 is 1.63 bits per heavy atom. The van der Waals surface area contributed by atoms with Crippen LogP contribution in [0.25, 0.3) is 0 Å². The van der Waals surface area contributed by atoms with Crippen molar-refractivity contribution in [3.63, 3.8) is 0 Å². The number of imide groups is 1. The molecule has 1 N–H and O–H groups in total. The Hall–Kier alpha value is -2.12. The maximum absolute atomic E-state index is 13.4. The van der Waals surface area contributed by atoms with Gasteiger partial charge in [0.05, 0.1) is 6.04 Å². The summed E-state index contributed by atoms with van der Waals surface area (Å²) < 4.78 is 0. The van der Waals surface area contributed by atoms with Gasteiger partial charge in [0, 0.05) is 38.0 Å². The zero-order valence-electron chi connectivity index (χ0n) is 18.2. The van der Waals surface area contributed by atoms with E-state index in [4.69, 9.17) is 0 Å². The number of rotatable bonds is 3. The van der Waals surface area contributed by atoms with Gasteiger partial charge in [-0.25, -0.2) is 4.79 Å². The van der Waals surface area contributed by atoms with Gasteiger partial charge in [0.2, 0.25) is 11.8 Å². The van der Waals surface area contributed by atoms with Gasteiger partial charge < -0.3 is 15.1 Å². The number of carbonyl (C=O) groups is 4. The minimum absolute atomic E-state index is 0.0740. The lowest BCUT2D eigenvalue weighted by Crippen LogP contribution is -2.57. The highest BCUT2D eigenvalue weighted by atomic mass is 16.2. The molecule has 5 amide bonds. The summed E-state index contributed by atoms with van der Waals surface area (Å²) in [5.41, 5.74) is -0.900. The van der Waals surface area contributed by atoms with E-state index in [-0.39, 0.29) is 41.6 Å². The molecule has 0 aromatic rings. The van der Waals surface area contributed by atoms with Crippen LogP contribution in [0.1, 0.15) is 65.2 Å². The Morgan fingerprint density at radius 1 is 0.967 bits per heavy atom. The molecule has 166 valence electrons. The van der Waals surface area contributed by atoms with E-state index in [1.165, 1.54) is 4.90 Å². The summed E-state index contributed by atoms with van der Waals surface area (Å²) in [6.07, 6.45) is 6.58. The van der Waals surface area contributed by atoms with Gasteiger partial charge in [-0.1, -0.05) is 26.7 Å². The molecule has 3 saturated heterocycles. The molecule has 0 unspecified atom stereocenters. The summed E-state index contributed by atoms with van der Waals surface area (Å²) in [5, 5.41) is 2.95. The number of hydrogen-bond donors (Lipinski definition) is 1. The number of amides is 5. The molecule has 4 rings (SSSR count). The highest BCUT2D eigenvalue weighted by Gasteiger charge is 2.55. The fourth-order valence-electron chi connectivity index (χ4n) is 5.58. The lowest BCUT2D eigenvalue weighted by Gasteiger charge is -2.40. The predicted molar refractivity (Wildman–Crippen MR) is 110 cm³/mol. The Labute approximate surface area is 178 Å². The average molecular weight is 419 g/mol. The van der Waals surface area contributed by atoms with Gasteiger partial charge in [0.1, 0.15) is 5.54 Å². The molecule has 3 aliphatic heterocycles. The van der Waals surface area contributed by atoms with E-state index in [2.05, 4.69) is 5.32 Å². The summed E-state index contributed by atoms with van der Waals surface area (Å²) in [4.78, 5) is 56.4. The molecule has 8 nitrogen and oxygen atoms in total. The van der Waals surface area contributed by atoms with Crippen molar-refractivity contribution in [2.75, 3.05) is 26.2 Å². The number of nitrogens with zero attached hydrogens (tertiary/aromatic N) is 3. The Bertz CT molecular complexity index is 723. The molecule has 1 aliphatic carbocycles. The SMILES string of the molecule is CC(C)C(=O)N1CCC2(CC1)NC(=O)N([C@@H]1CCCN(C(=O)C3CCCC3)C1)C2=O. The largest absolute Gasteiger partial charge is 0.342 e. The summed E-state index contributed by atoms with van der Waals surface area (Å²) >= 11 is 0. The smallest absolute Gasteiger partial charge is 0.325 e. The molecule has 4 fully saturated rings. The van der Waals surface area contributed by atoms with Crippen molar-refractivity contribution in [3.8, 4) is 0 Å². The molecule has 0 radical (unpaired) electrons. The first kappa shape index (κ1) is 21.1. The van der Waals surface area contributed by atoms with Gasteiger partial charge >= 0.3 is 6.03 Å². The third-order valence-electron chi connectivity index (χ3n) is 7.39. The van der Waals surface area contributed by atoms with E-state index in [0.29, 0.717) is 39.0 Å². The van der Waals surface area contributed by atoms with Crippen molar-refractivity contribution < 1.29 is 19.2 Å². The van der Waals surface area contributed by atoms with E-state index >= 15 is 0 Å². The normalized spacial score (nSPS) is 27.3. The fourth-order valence-corrected chi connectivity index (χ4v) is 5.58. The molecule has 0 bridgehead atoms. The molecular weight excluding hydrogens is 384 g/mol. The second-order valence-electron chi connectivity index (χ2n) is 9.73. The van der Waals surface area contributed by atoms with Crippen LogP contribution < -0.4 is 5.32 Å². The van der Waals surface area contributed by atoms with E-state index in [0.717, 1.165) is 38.5 Å². The standard InChI is InChI=1S/C22H34N4O4/c1-15(2)18(27)24-12-9-22(10-13-24)20(29)26(21(30)23-22)17-8-5-11-25(14-17)19(28)16-6-3-4-7-16/h15-17H,3-14H2,1-2H3,(H,23,30)/t17-/m1/s1. The summed E-state index contributed by atoms with van der Waals surface area (Å²) in [6.45, 7) is 5.87. The number of carbonyl (C=O) groups excluding carboxylic acids is 4. The van der Waals surface area contributed by atoms with Crippen LogP contribution in [-0.4, -0.2) is 76.2 Å². The van der Waals surface area contributed by atoms with E-state index < -0.39 is 5.54 Å². The first-order chi connectivity index (χ1) is 14.3. The van der Waals surface area contributed by atoms with Crippen molar-refractivity contribution in [2.24, 2.45) is 11.8 Å². The van der Waals surface area contributed by atoms with Crippen LogP contribution in [0.3, 0.4) is 0 Å². The Morgan fingerprint density at radius 3 is 2.27 bits per heavy atom. The van der Waals surface area contributed by atoms with Crippen LogP contribution in [0.2, 0.25) is 0 Å². The minimum Gasteiger partial charge on any atom is -0.342 e. The van der Waals surface area contributed by atoms with Crippen LogP contribution in [0.15, 0.2) is 0 Å². The Balaban J connectivity index is 1.41. The van der Waals surface area contributed by atoms with Crippen LogP contribution in [0.4, 0.5) is 4.79 Å². The van der Waals surface area contributed by atoms with Gasteiger partial charge in [-0.05, 0) is 38.5 Å². The number of urea groups is 1. The molecule has 8 heteroatoms. The Kier molecular flexibility index (Phi) is 5.77. The molecule has 1 spiro atoms. The number of likely N-dealkylation sites (tertiary alicyclic amines) is 2. The lowest BCUT2D eigenvalue weighted by atomic mass is 9.86. The third kappa shape index (κ3) is 3.69. The number of hydrogen-bond acceptors (Lipinski definition) is 4. The summed E-state index contributed by atoms with van der Waals surface area (Å²) in [5.74, 6) is 0.145. The fraction of sp³-hybridized carbons (Fsp3) is 0.818. The topological polar surface area (TPSA) is 90.0 Å². The first-order valence-electron chi connectivity index (χ1n) is 11.6. The maximum atomic E-state index is 13.4. The van der Waals surface area contributed by atoms with Crippen molar-refractivity contribution in [3.05, 3.63) is 0 Å². The van der Waals surface area contributed by atoms with E-state index in [9.17, 15) is 19.2 Å². The zero-order chi connectivity index (χ0) is 21.5. The average Bonchev–Trinajstić information content (AvgIpc) is 3.35. The molecular formula is C22H34N4O4. The van der Waals surface area contributed by atoms with Crippen LogP contribution >= 0.6 is 0 Å². The van der Waals surface area contributed by atoms with E-state index in [1.54, 1.807) is 4.90 Å². The predicted octanol–water partition coefficient (Wildman–Crippen LogP) is 1.74. The van der Waals surface area contributed by atoms with Crippen LogP contribution in [0, 0.1) is 11.8 Å². The van der Waals surface area contributed by atoms with Crippen molar-refractivity contribution >= 4 is 23.8 Å². The summed E-state index contributed by atoms with van der Waals surface area (Å²) in [7, 11) is 0. The second-order valence-corrected chi connectivity index (χ2v) is 9.73. The zero-order valence-corrected chi connectivity index (χ0v) is 18.2. The third-order valence-corrected chi connectivity index (χ3v) is 7.39. The number of piperidine rings is 2. The van der Waals surface area contributed by atoms with E-state index in [1.807, 2.05) is 18.7 Å². The van der Waals surface area contributed by atoms with Gasteiger partial charge in [-0.2, -0.15) is 0 Å². The highest BCUT2D eigenvalue weighted by molar-refractivity contribution is 6.07. The summed E-state index contributed by atoms with van der Waals surface area (Å²) in [6, 6.07) is -0.602. The minimum atomic E-state index is -0.900. The quantitative estimate of drug-likeness (QED) is 0.707. The highest BCUT2D eigenvalue weighted by Crippen LogP contribution is 2.34. The van der Waals surface area contributed by atoms with Crippen LogP contribution in [0.5, 0.6) is 0 Å². The van der Waals surface area contributed by atoms with Crippen molar-refractivity contribution in [1.82, 2.24) is 20.0 Å². The van der Waals surface area contributed by atoms with Crippen LogP contribution in [-0.2, 0) is 14.4 Å². The van der Waals surface area contributed by atoms with Gasteiger partial charge in [0.15, 0.2) is 0 Å². The van der Waals surface area contributed by atoms with Gasteiger partial charge in [0.25, 0.3) is 5.91 Å².